The molecule has 1 amide bonds. The Kier molecular flexibility index (Phi) is 7.94. The summed E-state index contributed by atoms with van der Waals surface area (Å²) in [6.45, 7) is 3.38. The predicted octanol–water partition coefficient (Wildman–Crippen LogP) is 6.15. The maximum Gasteiger partial charge on any atom is 0.435 e. The molecule has 0 spiro atoms. The standard InChI is InChI=1S/C26H29N13O3/c1-26(2,14-31-35-28)42-25(41)38-13-16-10-19(8-9-21(16)33-38)39(18-6-7-18)24(40)20-4-3-5-22-23(20)17(11-30-34-27)12-37(22)15-32-36-29/h3-5,12-13,18-19H,6-11,14-15H2,1-2H3. The van der Waals surface area contributed by atoms with E-state index < -0.39 is 11.7 Å². The summed E-state index contributed by atoms with van der Waals surface area (Å²) in [5.74, 6) is -0.119. The van der Waals surface area contributed by atoms with Crippen LogP contribution in [-0.2, 0) is 30.8 Å². The number of hydrogen-bond acceptors (Lipinski definition) is 7. The molecule has 16 heteroatoms. The van der Waals surface area contributed by atoms with Gasteiger partial charge in [0.25, 0.3) is 5.91 Å². The third-order valence-electron chi connectivity index (χ3n) is 7.48. The fraction of sp³-hybridized carbons (Fsp3) is 0.500. The first-order valence-electron chi connectivity index (χ1n) is 13.5. The average Bonchev–Trinajstić information content (AvgIpc) is 3.60. The van der Waals surface area contributed by atoms with E-state index >= 15 is 0 Å². The van der Waals surface area contributed by atoms with E-state index in [1.165, 1.54) is 4.68 Å². The van der Waals surface area contributed by atoms with Crippen LogP contribution in [0.3, 0.4) is 0 Å². The van der Waals surface area contributed by atoms with Gasteiger partial charge in [-0.1, -0.05) is 21.4 Å². The first-order valence-corrected chi connectivity index (χ1v) is 13.5. The molecule has 0 saturated heterocycles. The number of aromatic nitrogens is 3. The number of aryl methyl sites for hydroxylation is 1. The second-order valence-corrected chi connectivity index (χ2v) is 11.0. The van der Waals surface area contributed by atoms with Crippen molar-refractivity contribution in [3.8, 4) is 0 Å². The summed E-state index contributed by atoms with van der Waals surface area (Å²) < 4.78 is 8.41. The van der Waals surface area contributed by atoms with Gasteiger partial charge in [0.1, 0.15) is 12.3 Å². The van der Waals surface area contributed by atoms with Crippen molar-refractivity contribution < 1.29 is 14.3 Å². The van der Waals surface area contributed by atoms with Crippen molar-refractivity contribution in [3.63, 3.8) is 0 Å². The van der Waals surface area contributed by atoms with Gasteiger partial charge < -0.3 is 14.2 Å². The van der Waals surface area contributed by atoms with E-state index in [9.17, 15) is 9.59 Å². The maximum absolute atomic E-state index is 14.3. The van der Waals surface area contributed by atoms with Gasteiger partial charge in [0.05, 0.1) is 18.8 Å². The molecule has 0 aliphatic heterocycles. The first-order chi connectivity index (χ1) is 20.3. The topological polar surface area (TPSA) is 216 Å². The molecule has 2 aromatic heterocycles. The number of carbonyl (C=O) groups is 2. The van der Waals surface area contributed by atoms with E-state index in [0.29, 0.717) is 41.3 Å². The Hall–Kier alpha value is -5.16. The van der Waals surface area contributed by atoms with Gasteiger partial charge in [-0.05, 0) is 85.8 Å². The maximum atomic E-state index is 14.3. The van der Waals surface area contributed by atoms with Crippen molar-refractivity contribution in [3.05, 3.63) is 84.3 Å². The fourth-order valence-electron chi connectivity index (χ4n) is 5.51. The van der Waals surface area contributed by atoms with Gasteiger partial charge in [-0.25, -0.2) is 4.79 Å². The highest BCUT2D eigenvalue weighted by molar-refractivity contribution is 6.08. The van der Waals surface area contributed by atoms with Crippen molar-refractivity contribution in [2.75, 3.05) is 6.54 Å². The lowest BCUT2D eigenvalue weighted by molar-refractivity contribution is 0.0441. The summed E-state index contributed by atoms with van der Waals surface area (Å²) in [6.07, 6.45) is 6.35. The highest BCUT2D eigenvalue weighted by Gasteiger charge is 2.40. The summed E-state index contributed by atoms with van der Waals surface area (Å²) in [6, 6.07) is 5.41. The number of nitrogens with zero attached hydrogens (tertiary/aromatic N) is 13. The molecule has 2 heterocycles. The summed E-state index contributed by atoms with van der Waals surface area (Å²) in [5, 5.41) is 16.0. The molecule has 0 radical (unpaired) electrons. The Labute approximate surface area is 239 Å². The van der Waals surface area contributed by atoms with Crippen molar-refractivity contribution >= 4 is 22.9 Å². The van der Waals surface area contributed by atoms with Crippen LogP contribution in [-0.4, -0.2) is 55.5 Å². The Morgan fingerprint density at radius 2 is 1.83 bits per heavy atom. The molecule has 1 atom stereocenters. The molecule has 16 nitrogen and oxygen atoms in total. The third-order valence-corrected chi connectivity index (χ3v) is 7.48. The van der Waals surface area contributed by atoms with Gasteiger partial charge in [-0.15, -0.1) is 0 Å². The van der Waals surface area contributed by atoms with E-state index in [1.54, 1.807) is 42.9 Å². The van der Waals surface area contributed by atoms with Crippen LogP contribution in [0.25, 0.3) is 42.2 Å². The molecule has 0 N–H and O–H groups in total. The molecule has 3 aromatic rings. The van der Waals surface area contributed by atoms with Crippen molar-refractivity contribution in [1.82, 2.24) is 19.2 Å². The average molecular weight is 572 g/mol. The Balaban J connectivity index is 1.42. The van der Waals surface area contributed by atoms with Crippen LogP contribution in [0.4, 0.5) is 4.79 Å². The minimum atomic E-state index is -0.994. The number of amides is 1. The Bertz CT molecular complexity index is 1680. The molecule has 216 valence electrons. The van der Waals surface area contributed by atoms with Crippen LogP contribution in [0, 0.1) is 0 Å². The Morgan fingerprint density at radius 3 is 2.55 bits per heavy atom. The minimum Gasteiger partial charge on any atom is -0.442 e. The van der Waals surface area contributed by atoms with Crippen LogP contribution in [0.2, 0.25) is 0 Å². The van der Waals surface area contributed by atoms with Gasteiger partial charge in [-0.2, -0.15) is 9.78 Å². The largest absolute Gasteiger partial charge is 0.442 e. The lowest BCUT2D eigenvalue weighted by Crippen LogP contribution is -2.45. The normalized spacial score (nSPS) is 16.0. The minimum absolute atomic E-state index is 0.0109. The summed E-state index contributed by atoms with van der Waals surface area (Å²) >= 11 is 0. The number of fused-ring (bicyclic) bond motifs is 2. The number of azide groups is 3. The van der Waals surface area contributed by atoms with Crippen LogP contribution in [0.1, 0.15) is 60.3 Å². The molecule has 1 saturated carbocycles. The van der Waals surface area contributed by atoms with E-state index in [1.807, 2.05) is 11.0 Å². The molecular formula is C26H29N13O3. The Morgan fingerprint density at radius 1 is 1.07 bits per heavy atom. The zero-order valence-electron chi connectivity index (χ0n) is 23.2. The highest BCUT2D eigenvalue weighted by atomic mass is 16.6. The number of hydrogen-bond donors (Lipinski definition) is 0. The molecule has 0 bridgehead atoms. The van der Waals surface area contributed by atoms with Crippen LogP contribution < -0.4 is 0 Å². The van der Waals surface area contributed by atoms with Gasteiger partial charge in [0, 0.05) is 55.7 Å². The molecular weight excluding hydrogens is 542 g/mol. The number of ether oxygens (including phenoxy) is 1. The number of benzene rings is 1. The van der Waals surface area contributed by atoms with E-state index in [2.05, 4.69) is 35.2 Å². The monoisotopic (exact) mass is 571 g/mol. The summed E-state index contributed by atoms with van der Waals surface area (Å²) in [5.41, 5.74) is 28.9. The molecule has 1 fully saturated rings. The van der Waals surface area contributed by atoms with E-state index in [4.69, 9.17) is 21.3 Å². The molecule has 1 unspecified atom stereocenters. The smallest absolute Gasteiger partial charge is 0.435 e. The van der Waals surface area contributed by atoms with Crippen LogP contribution >= 0.6 is 0 Å². The van der Waals surface area contributed by atoms with Crippen molar-refractivity contribution in [1.29, 1.82) is 0 Å². The second-order valence-electron chi connectivity index (χ2n) is 11.0. The van der Waals surface area contributed by atoms with Crippen LogP contribution in [0.5, 0.6) is 0 Å². The molecule has 2 aliphatic rings. The number of carbonyl (C=O) groups excluding carboxylic acids is 2. The van der Waals surface area contributed by atoms with E-state index in [0.717, 1.165) is 24.1 Å². The molecule has 5 rings (SSSR count). The fourth-order valence-corrected chi connectivity index (χ4v) is 5.51. The van der Waals surface area contributed by atoms with Gasteiger partial charge >= 0.3 is 6.09 Å². The lowest BCUT2D eigenvalue weighted by atomic mass is 9.91. The first kappa shape index (κ1) is 28.4. The van der Waals surface area contributed by atoms with Crippen LogP contribution in [0.15, 0.2) is 45.9 Å². The summed E-state index contributed by atoms with van der Waals surface area (Å²) in [4.78, 5) is 37.4. The zero-order chi connectivity index (χ0) is 29.9. The number of rotatable bonds is 10. The molecule has 42 heavy (non-hydrogen) atoms. The summed E-state index contributed by atoms with van der Waals surface area (Å²) in [7, 11) is 0. The van der Waals surface area contributed by atoms with E-state index in [-0.39, 0.29) is 37.7 Å². The van der Waals surface area contributed by atoms with Crippen molar-refractivity contribution in [2.24, 2.45) is 15.3 Å². The third kappa shape index (κ3) is 5.81. The second kappa shape index (κ2) is 11.8. The molecule has 2 aliphatic carbocycles. The van der Waals surface area contributed by atoms with Gasteiger partial charge in [-0.3, -0.25) is 4.79 Å². The molecule has 1 aromatic carbocycles. The zero-order valence-corrected chi connectivity index (χ0v) is 23.2. The lowest BCUT2D eigenvalue weighted by Gasteiger charge is -2.34. The quantitative estimate of drug-likeness (QED) is 0.159. The predicted molar refractivity (Wildman–Crippen MR) is 151 cm³/mol. The SMILES string of the molecule is CC(C)(CN=[N+]=[N-])OC(=O)n1cc2c(n1)CCC(N(C(=O)c1cccc3c1c(CN=[N+]=[N-])cn3CN=[N+]=[N-])C1CC1)C2. The van der Waals surface area contributed by atoms with Gasteiger partial charge in [0.2, 0.25) is 0 Å². The van der Waals surface area contributed by atoms with Crippen molar-refractivity contribution in [2.45, 2.75) is 76.8 Å². The van der Waals surface area contributed by atoms with Gasteiger partial charge in [0.15, 0.2) is 0 Å². The highest BCUT2D eigenvalue weighted by Crippen LogP contribution is 2.37.